The molecule has 0 spiro atoms. The molecule has 158 valence electrons. The zero-order chi connectivity index (χ0) is 20.8. The molecule has 0 aromatic heterocycles. The largest absolute Gasteiger partial charge is 0.493 e. The second-order valence-electron chi connectivity index (χ2n) is 9.09. The van der Waals surface area contributed by atoms with Crippen LogP contribution in [0.2, 0.25) is 0 Å². The minimum atomic E-state index is -1.25. The first kappa shape index (κ1) is 20.4. The molecular weight excluding hydrogens is 369 g/mol. The van der Waals surface area contributed by atoms with E-state index in [-0.39, 0.29) is 11.7 Å². The lowest BCUT2D eigenvalue weighted by molar-refractivity contribution is 0.00108. The Hall–Kier alpha value is -1.88. The van der Waals surface area contributed by atoms with Crippen molar-refractivity contribution < 1.29 is 18.7 Å². The third-order valence-corrected chi connectivity index (χ3v) is 7.22. The van der Waals surface area contributed by atoms with Gasteiger partial charge < -0.3 is 9.47 Å². The number of ketones is 1. The van der Waals surface area contributed by atoms with Gasteiger partial charge in [0.1, 0.15) is 5.67 Å². The standard InChI is InChI=1S/C24H32FNO3/c1-5-15(2)14-26-18-6-7-19(26)13-24(25,12-18)11-17-8-16-9-21(28-3)22(29-4)10-20(16)23(17)27/h5,9-10,17-19H,6-8,11-14H2,1-4H3. The number of allylic oxidation sites excluding steroid dienone is 1. The quantitative estimate of drug-likeness (QED) is 0.645. The average Bonchev–Trinajstić information content (AvgIpc) is 3.13. The molecule has 2 saturated heterocycles. The SMILES string of the molecule is CC=C(C)CN1C2CCC1CC(F)(CC1Cc3cc(OC)c(OC)cc3C1=O)C2. The summed E-state index contributed by atoms with van der Waals surface area (Å²) in [5.41, 5.74) is 1.71. The van der Waals surface area contributed by atoms with Gasteiger partial charge in [-0.3, -0.25) is 9.69 Å². The van der Waals surface area contributed by atoms with E-state index in [4.69, 9.17) is 9.47 Å². The van der Waals surface area contributed by atoms with Gasteiger partial charge in [-0.1, -0.05) is 11.6 Å². The lowest BCUT2D eigenvalue weighted by Crippen LogP contribution is -2.50. The predicted octanol–water partition coefficient (Wildman–Crippen LogP) is 4.75. The number of rotatable bonds is 6. The number of methoxy groups -OCH3 is 2. The molecule has 0 radical (unpaired) electrons. The van der Waals surface area contributed by atoms with Crippen LogP contribution < -0.4 is 9.47 Å². The second kappa shape index (κ2) is 7.75. The Balaban J connectivity index is 1.48. The molecular formula is C24H32FNO3. The van der Waals surface area contributed by atoms with Crippen LogP contribution in [0.25, 0.3) is 0 Å². The van der Waals surface area contributed by atoms with Crippen molar-refractivity contribution in [1.82, 2.24) is 4.90 Å². The molecule has 0 amide bonds. The van der Waals surface area contributed by atoms with Crippen LogP contribution >= 0.6 is 0 Å². The number of halogens is 1. The van der Waals surface area contributed by atoms with Gasteiger partial charge in [-0.25, -0.2) is 4.39 Å². The lowest BCUT2D eigenvalue weighted by atomic mass is 9.79. The summed E-state index contributed by atoms with van der Waals surface area (Å²) in [5.74, 6) is 0.953. The van der Waals surface area contributed by atoms with E-state index >= 15 is 4.39 Å². The number of carbonyl (C=O) groups is 1. The Morgan fingerprint density at radius 1 is 1.21 bits per heavy atom. The van der Waals surface area contributed by atoms with Crippen molar-refractivity contribution in [3.05, 3.63) is 34.9 Å². The number of nitrogens with zero attached hydrogens (tertiary/aromatic N) is 1. The predicted molar refractivity (Wildman–Crippen MR) is 112 cm³/mol. The summed E-state index contributed by atoms with van der Waals surface area (Å²) in [6.45, 7) is 5.15. The molecule has 0 saturated carbocycles. The lowest BCUT2D eigenvalue weighted by Gasteiger charge is -2.43. The highest BCUT2D eigenvalue weighted by Crippen LogP contribution is 2.48. The maximum atomic E-state index is 16.0. The first-order chi connectivity index (χ1) is 13.9. The zero-order valence-electron chi connectivity index (χ0n) is 18.0. The fourth-order valence-corrected chi connectivity index (χ4v) is 5.69. The number of ether oxygens (including phenoxy) is 2. The number of hydrogen-bond acceptors (Lipinski definition) is 4. The molecule has 2 bridgehead atoms. The number of Topliss-reactive ketones (excluding diaryl/α,β-unsaturated/α-hetero) is 1. The summed E-state index contributed by atoms with van der Waals surface area (Å²) in [6, 6.07) is 4.23. The number of fused-ring (bicyclic) bond motifs is 3. The topological polar surface area (TPSA) is 38.8 Å². The minimum absolute atomic E-state index is 0.0533. The van der Waals surface area contributed by atoms with Crippen molar-refractivity contribution in [2.24, 2.45) is 5.92 Å². The van der Waals surface area contributed by atoms with Gasteiger partial charge in [0.05, 0.1) is 14.2 Å². The molecule has 2 aliphatic heterocycles. The molecule has 4 rings (SSSR count). The van der Waals surface area contributed by atoms with Crippen molar-refractivity contribution >= 4 is 5.78 Å². The normalized spacial score (nSPS) is 31.8. The van der Waals surface area contributed by atoms with Crippen molar-refractivity contribution in [2.75, 3.05) is 20.8 Å². The third kappa shape index (κ3) is 3.70. The van der Waals surface area contributed by atoms with E-state index in [1.54, 1.807) is 20.3 Å². The average molecular weight is 402 g/mol. The van der Waals surface area contributed by atoms with Gasteiger partial charge in [-0.2, -0.15) is 0 Å². The number of alkyl halides is 1. The summed E-state index contributed by atoms with van der Waals surface area (Å²) < 4.78 is 26.7. The summed E-state index contributed by atoms with van der Waals surface area (Å²) in [6.07, 6.45) is 6.31. The summed E-state index contributed by atoms with van der Waals surface area (Å²) in [5, 5.41) is 0. The molecule has 29 heavy (non-hydrogen) atoms. The summed E-state index contributed by atoms with van der Waals surface area (Å²) >= 11 is 0. The van der Waals surface area contributed by atoms with Crippen molar-refractivity contribution in [3.8, 4) is 11.5 Å². The van der Waals surface area contributed by atoms with E-state index < -0.39 is 5.67 Å². The summed E-state index contributed by atoms with van der Waals surface area (Å²) in [7, 11) is 3.16. The second-order valence-corrected chi connectivity index (χ2v) is 9.09. The van der Waals surface area contributed by atoms with E-state index in [1.807, 2.05) is 6.07 Å². The van der Waals surface area contributed by atoms with Crippen LogP contribution in [-0.4, -0.2) is 49.2 Å². The first-order valence-corrected chi connectivity index (χ1v) is 10.7. The molecule has 5 heteroatoms. The Bertz CT molecular complexity index is 820. The number of carbonyl (C=O) groups excluding carboxylic acids is 1. The smallest absolute Gasteiger partial charge is 0.166 e. The Morgan fingerprint density at radius 3 is 2.41 bits per heavy atom. The van der Waals surface area contributed by atoms with Crippen molar-refractivity contribution in [1.29, 1.82) is 0 Å². The van der Waals surface area contributed by atoms with Gasteiger partial charge in [-0.15, -0.1) is 0 Å². The molecule has 1 aliphatic carbocycles. The van der Waals surface area contributed by atoms with Crippen LogP contribution in [0.5, 0.6) is 11.5 Å². The maximum Gasteiger partial charge on any atom is 0.166 e. The fraction of sp³-hybridized carbons (Fsp3) is 0.625. The maximum absolute atomic E-state index is 16.0. The first-order valence-electron chi connectivity index (χ1n) is 10.7. The van der Waals surface area contributed by atoms with Crippen LogP contribution in [0.4, 0.5) is 4.39 Å². The molecule has 3 unspecified atom stereocenters. The highest BCUT2D eigenvalue weighted by molar-refractivity contribution is 6.03. The molecule has 4 nitrogen and oxygen atoms in total. The van der Waals surface area contributed by atoms with Crippen LogP contribution in [0.1, 0.15) is 61.9 Å². The van der Waals surface area contributed by atoms with E-state index in [1.165, 1.54) is 5.57 Å². The Kier molecular flexibility index (Phi) is 5.45. The Morgan fingerprint density at radius 2 is 1.83 bits per heavy atom. The third-order valence-electron chi connectivity index (χ3n) is 7.22. The number of hydrogen-bond donors (Lipinski definition) is 0. The molecule has 2 heterocycles. The number of benzene rings is 1. The minimum Gasteiger partial charge on any atom is -0.493 e. The van der Waals surface area contributed by atoms with Crippen LogP contribution in [-0.2, 0) is 6.42 Å². The van der Waals surface area contributed by atoms with E-state index in [9.17, 15) is 4.79 Å². The van der Waals surface area contributed by atoms with E-state index in [0.717, 1.165) is 24.9 Å². The van der Waals surface area contributed by atoms with Gasteiger partial charge in [0.25, 0.3) is 0 Å². The van der Waals surface area contributed by atoms with Gasteiger partial charge >= 0.3 is 0 Å². The van der Waals surface area contributed by atoms with Crippen LogP contribution in [0.3, 0.4) is 0 Å². The molecule has 3 atom stereocenters. The van der Waals surface area contributed by atoms with Crippen molar-refractivity contribution in [3.63, 3.8) is 0 Å². The Labute approximate surface area is 173 Å². The van der Waals surface area contributed by atoms with Crippen LogP contribution in [0.15, 0.2) is 23.8 Å². The monoisotopic (exact) mass is 401 g/mol. The van der Waals surface area contributed by atoms with E-state index in [2.05, 4.69) is 24.8 Å². The highest BCUT2D eigenvalue weighted by atomic mass is 19.1. The van der Waals surface area contributed by atoms with Crippen molar-refractivity contribution in [2.45, 2.75) is 70.1 Å². The molecule has 1 aromatic carbocycles. The molecule has 2 fully saturated rings. The van der Waals surface area contributed by atoms with Crippen LogP contribution in [0, 0.1) is 5.92 Å². The summed E-state index contributed by atoms with van der Waals surface area (Å²) in [4.78, 5) is 15.5. The molecule has 0 N–H and O–H groups in total. The highest BCUT2D eigenvalue weighted by Gasteiger charge is 2.50. The zero-order valence-corrected chi connectivity index (χ0v) is 18.0. The number of piperidine rings is 1. The van der Waals surface area contributed by atoms with Gasteiger partial charge in [0, 0.05) is 30.1 Å². The molecule has 3 aliphatic rings. The van der Waals surface area contributed by atoms with Gasteiger partial charge in [0.2, 0.25) is 0 Å². The van der Waals surface area contributed by atoms with Gasteiger partial charge in [0.15, 0.2) is 17.3 Å². The fourth-order valence-electron chi connectivity index (χ4n) is 5.69. The molecule has 1 aromatic rings. The van der Waals surface area contributed by atoms with Gasteiger partial charge in [-0.05, 0) is 70.1 Å². The van der Waals surface area contributed by atoms with E-state index in [0.29, 0.717) is 54.8 Å².